The molecule has 0 radical (unpaired) electrons. The van der Waals surface area contributed by atoms with E-state index in [4.69, 9.17) is 0 Å². The zero-order valence-corrected chi connectivity index (χ0v) is 19.4. The normalized spacial score (nSPS) is 18.3. The predicted octanol–water partition coefficient (Wildman–Crippen LogP) is 3.72. The van der Waals surface area contributed by atoms with Crippen molar-refractivity contribution in [2.75, 3.05) is 26.2 Å². The van der Waals surface area contributed by atoms with Crippen molar-refractivity contribution in [3.05, 3.63) is 57.8 Å². The van der Waals surface area contributed by atoms with Crippen molar-refractivity contribution in [2.24, 2.45) is 5.92 Å². The second kappa shape index (κ2) is 10.3. The molecule has 32 heavy (non-hydrogen) atoms. The Kier molecular flexibility index (Phi) is 7.25. The second-order valence-electron chi connectivity index (χ2n) is 8.76. The van der Waals surface area contributed by atoms with E-state index in [1.54, 1.807) is 6.07 Å². The number of amides is 3. The molecule has 0 saturated carbocycles. The van der Waals surface area contributed by atoms with Gasteiger partial charge in [0.1, 0.15) is 6.04 Å². The summed E-state index contributed by atoms with van der Waals surface area (Å²) >= 11 is 1.38. The number of nitrogens with one attached hydrogen (secondary N) is 1. The van der Waals surface area contributed by atoms with Crippen LogP contribution in [0.15, 0.2) is 41.8 Å². The van der Waals surface area contributed by atoms with E-state index in [9.17, 15) is 14.4 Å². The number of aryl methyl sites for hydroxylation is 1. The molecule has 2 fully saturated rings. The van der Waals surface area contributed by atoms with E-state index < -0.39 is 6.04 Å². The molecule has 0 aliphatic carbocycles. The largest absolute Gasteiger partial charge is 0.341 e. The van der Waals surface area contributed by atoms with Gasteiger partial charge in [0.15, 0.2) is 0 Å². The quantitative estimate of drug-likeness (QED) is 0.750. The highest BCUT2D eigenvalue weighted by molar-refractivity contribution is 7.12. The van der Waals surface area contributed by atoms with Gasteiger partial charge in [-0.15, -0.1) is 11.3 Å². The number of benzene rings is 1. The van der Waals surface area contributed by atoms with Crippen LogP contribution in [-0.4, -0.2) is 59.7 Å². The first kappa shape index (κ1) is 22.5. The van der Waals surface area contributed by atoms with Crippen LogP contribution in [0.4, 0.5) is 0 Å². The third kappa shape index (κ3) is 5.04. The highest BCUT2D eigenvalue weighted by Crippen LogP contribution is 2.25. The van der Waals surface area contributed by atoms with Crippen LogP contribution in [0.2, 0.25) is 0 Å². The van der Waals surface area contributed by atoms with Crippen molar-refractivity contribution < 1.29 is 14.4 Å². The molecule has 3 amide bonds. The molecule has 170 valence electrons. The molecule has 4 rings (SSSR count). The molecule has 2 aromatic rings. The van der Waals surface area contributed by atoms with Gasteiger partial charge in [0.05, 0.1) is 4.88 Å². The van der Waals surface area contributed by atoms with Crippen molar-refractivity contribution in [1.29, 1.82) is 0 Å². The molecule has 6 nitrogen and oxygen atoms in total. The number of carbonyl (C=O) groups is 3. The van der Waals surface area contributed by atoms with Gasteiger partial charge in [-0.05, 0) is 68.0 Å². The third-order valence-electron chi connectivity index (χ3n) is 6.64. The topological polar surface area (TPSA) is 69.7 Å². The molecule has 1 aromatic heterocycles. The predicted molar refractivity (Wildman–Crippen MR) is 126 cm³/mol. The van der Waals surface area contributed by atoms with Gasteiger partial charge in [-0.1, -0.05) is 24.3 Å². The van der Waals surface area contributed by atoms with Gasteiger partial charge in [0.25, 0.3) is 11.8 Å². The maximum absolute atomic E-state index is 13.4. The Labute approximate surface area is 193 Å². The molecule has 0 spiro atoms. The standard InChI is InChI=1S/C25H31N3O3S/c1-18-8-3-4-9-20(18)24(30)28-15-11-19(12-16-28)22(25(31)27-13-5-2-6-14-27)26-23(29)21-10-7-17-32-21/h3-4,7-10,17,19,22H,2,5-6,11-16H2,1H3,(H,26,29)/t22-/m0/s1. The Bertz CT molecular complexity index is 945. The molecule has 1 aromatic carbocycles. The zero-order valence-electron chi connectivity index (χ0n) is 18.6. The number of thiophene rings is 1. The highest BCUT2D eigenvalue weighted by Gasteiger charge is 2.36. The van der Waals surface area contributed by atoms with E-state index in [1.807, 2.05) is 52.4 Å². The summed E-state index contributed by atoms with van der Waals surface area (Å²) in [7, 11) is 0. The van der Waals surface area contributed by atoms with Gasteiger partial charge < -0.3 is 15.1 Å². The number of carbonyl (C=O) groups excluding carboxylic acids is 3. The number of nitrogens with zero attached hydrogens (tertiary/aromatic N) is 2. The summed E-state index contributed by atoms with van der Waals surface area (Å²) in [6.07, 6.45) is 4.58. The maximum atomic E-state index is 13.4. The fourth-order valence-corrected chi connectivity index (χ4v) is 5.36. The van der Waals surface area contributed by atoms with E-state index in [-0.39, 0.29) is 23.6 Å². The lowest BCUT2D eigenvalue weighted by Crippen LogP contribution is -2.55. The van der Waals surface area contributed by atoms with E-state index in [0.717, 1.165) is 43.5 Å². The van der Waals surface area contributed by atoms with Crippen molar-refractivity contribution >= 4 is 29.1 Å². The second-order valence-corrected chi connectivity index (χ2v) is 9.71. The summed E-state index contributed by atoms with van der Waals surface area (Å²) in [6, 6.07) is 10.7. The van der Waals surface area contributed by atoms with Crippen molar-refractivity contribution in [3.63, 3.8) is 0 Å². The average molecular weight is 454 g/mol. The first-order chi connectivity index (χ1) is 15.5. The molecular formula is C25H31N3O3S. The van der Waals surface area contributed by atoms with E-state index >= 15 is 0 Å². The summed E-state index contributed by atoms with van der Waals surface area (Å²) in [4.78, 5) is 43.6. The van der Waals surface area contributed by atoms with E-state index in [2.05, 4.69) is 5.32 Å². The average Bonchev–Trinajstić information content (AvgIpc) is 3.38. The number of piperidine rings is 2. The summed E-state index contributed by atoms with van der Waals surface area (Å²) < 4.78 is 0. The monoisotopic (exact) mass is 453 g/mol. The van der Waals surface area contributed by atoms with Crippen molar-refractivity contribution in [1.82, 2.24) is 15.1 Å². The Morgan fingerprint density at radius 1 is 0.938 bits per heavy atom. The fourth-order valence-electron chi connectivity index (χ4n) is 4.73. The Balaban J connectivity index is 1.45. The Hall–Kier alpha value is -2.67. The highest BCUT2D eigenvalue weighted by atomic mass is 32.1. The van der Waals surface area contributed by atoms with Gasteiger partial charge in [-0.3, -0.25) is 14.4 Å². The van der Waals surface area contributed by atoms with Crippen molar-refractivity contribution in [2.45, 2.75) is 45.1 Å². The molecular weight excluding hydrogens is 422 g/mol. The first-order valence-electron chi connectivity index (χ1n) is 11.5. The fraction of sp³-hybridized carbons (Fsp3) is 0.480. The SMILES string of the molecule is Cc1ccccc1C(=O)N1CCC([C@H](NC(=O)c2cccs2)C(=O)N2CCCCC2)CC1. The molecule has 7 heteroatoms. The molecule has 2 saturated heterocycles. The lowest BCUT2D eigenvalue weighted by Gasteiger charge is -2.38. The van der Waals surface area contributed by atoms with Crippen LogP contribution in [0, 0.1) is 12.8 Å². The molecule has 0 unspecified atom stereocenters. The van der Waals surface area contributed by atoms with E-state index in [1.165, 1.54) is 11.3 Å². The maximum Gasteiger partial charge on any atom is 0.262 e. The van der Waals surface area contributed by atoms with Crippen LogP contribution in [0.3, 0.4) is 0 Å². The van der Waals surface area contributed by atoms with Crippen LogP contribution in [0.25, 0.3) is 0 Å². The smallest absolute Gasteiger partial charge is 0.262 e. The number of hydrogen-bond acceptors (Lipinski definition) is 4. The summed E-state index contributed by atoms with van der Waals surface area (Å²) in [5.74, 6) is -0.0931. The number of likely N-dealkylation sites (tertiary alicyclic amines) is 2. The van der Waals surface area contributed by atoms with Crippen LogP contribution in [0.1, 0.15) is 57.7 Å². The van der Waals surface area contributed by atoms with Crippen LogP contribution in [0.5, 0.6) is 0 Å². The Morgan fingerprint density at radius 3 is 2.31 bits per heavy atom. The number of hydrogen-bond donors (Lipinski definition) is 1. The van der Waals surface area contributed by atoms with Gasteiger partial charge in [-0.25, -0.2) is 0 Å². The van der Waals surface area contributed by atoms with Gasteiger partial charge in [-0.2, -0.15) is 0 Å². The lowest BCUT2D eigenvalue weighted by atomic mass is 9.87. The molecule has 3 heterocycles. The lowest BCUT2D eigenvalue weighted by molar-refractivity contribution is -0.136. The van der Waals surface area contributed by atoms with Crippen LogP contribution >= 0.6 is 11.3 Å². The van der Waals surface area contributed by atoms with Gasteiger partial charge >= 0.3 is 0 Å². The summed E-state index contributed by atoms with van der Waals surface area (Å²) in [5.41, 5.74) is 1.71. The molecule has 1 N–H and O–H groups in total. The first-order valence-corrected chi connectivity index (χ1v) is 12.4. The summed E-state index contributed by atoms with van der Waals surface area (Å²) in [5, 5.41) is 4.91. The zero-order chi connectivity index (χ0) is 22.5. The van der Waals surface area contributed by atoms with Gasteiger partial charge in [0.2, 0.25) is 5.91 Å². The number of rotatable bonds is 5. The minimum absolute atomic E-state index is 0.0225. The molecule has 2 aliphatic heterocycles. The molecule has 2 aliphatic rings. The third-order valence-corrected chi connectivity index (χ3v) is 7.51. The van der Waals surface area contributed by atoms with Crippen LogP contribution in [-0.2, 0) is 4.79 Å². The van der Waals surface area contributed by atoms with E-state index in [0.29, 0.717) is 30.8 Å². The van der Waals surface area contributed by atoms with Crippen LogP contribution < -0.4 is 5.32 Å². The minimum atomic E-state index is -0.543. The molecule has 0 bridgehead atoms. The molecule has 1 atom stereocenters. The Morgan fingerprint density at radius 2 is 1.66 bits per heavy atom. The van der Waals surface area contributed by atoms with Gasteiger partial charge in [0, 0.05) is 31.7 Å². The van der Waals surface area contributed by atoms with Crippen molar-refractivity contribution in [3.8, 4) is 0 Å². The minimum Gasteiger partial charge on any atom is -0.341 e. The summed E-state index contributed by atoms with van der Waals surface area (Å²) in [6.45, 7) is 4.66.